The predicted molar refractivity (Wildman–Crippen MR) is 52.0 cm³/mol. The summed E-state index contributed by atoms with van der Waals surface area (Å²) in [7, 11) is 1.29. The van der Waals surface area contributed by atoms with Crippen LogP contribution in [0.15, 0.2) is 23.1 Å². The monoisotopic (exact) mass is 237 g/mol. The lowest BCUT2D eigenvalue weighted by molar-refractivity contribution is -0.549. The van der Waals surface area contributed by atoms with Crippen LogP contribution in [-0.2, 0) is 9.05 Å². The molecule has 0 heterocycles. The summed E-state index contributed by atoms with van der Waals surface area (Å²) >= 11 is 0. The van der Waals surface area contributed by atoms with E-state index in [-0.39, 0.29) is 11.3 Å². The zero-order valence-corrected chi connectivity index (χ0v) is 8.88. The molecular formula is C7H8ClNO4S. The summed E-state index contributed by atoms with van der Waals surface area (Å²) in [6.45, 7) is 1.41. The van der Waals surface area contributed by atoms with Crippen molar-refractivity contribution in [3.05, 3.63) is 33.2 Å². The Kier molecular flexibility index (Phi) is 2.69. The molecule has 0 aromatic carbocycles. The van der Waals surface area contributed by atoms with Crippen LogP contribution in [0.3, 0.4) is 0 Å². The van der Waals surface area contributed by atoms with Gasteiger partial charge in [0.1, 0.15) is 0 Å². The van der Waals surface area contributed by atoms with Crippen LogP contribution in [0, 0.1) is 10.1 Å². The second-order valence-electron chi connectivity index (χ2n) is 3.20. The number of nitrogens with zero attached hydrogens (tertiary/aromatic N) is 1. The molecule has 7 heteroatoms. The minimum absolute atomic E-state index is 0.0256. The first kappa shape index (κ1) is 11.2. The molecule has 1 unspecified atom stereocenters. The molecule has 0 saturated carbocycles. The zero-order chi connectivity index (χ0) is 11.0. The average Bonchev–Trinajstić information content (AvgIpc) is 2.03. The maximum atomic E-state index is 10.8. The second-order valence-corrected chi connectivity index (χ2v) is 5.76. The molecule has 5 nitrogen and oxygen atoms in total. The van der Waals surface area contributed by atoms with Crippen molar-refractivity contribution in [2.45, 2.75) is 18.9 Å². The highest BCUT2D eigenvalue weighted by Gasteiger charge is 2.36. The topological polar surface area (TPSA) is 77.3 Å². The number of rotatable bonds is 2. The van der Waals surface area contributed by atoms with Gasteiger partial charge in [0.2, 0.25) is 5.54 Å². The highest BCUT2D eigenvalue weighted by molar-refractivity contribution is 8.17. The van der Waals surface area contributed by atoms with Gasteiger partial charge in [-0.05, 0) is 12.2 Å². The fourth-order valence-electron chi connectivity index (χ4n) is 1.02. The Bertz CT molecular complexity index is 425. The molecule has 14 heavy (non-hydrogen) atoms. The van der Waals surface area contributed by atoms with E-state index < -0.39 is 19.5 Å². The number of allylic oxidation sites excluding steroid dienone is 1. The Balaban J connectivity index is 2.98. The summed E-state index contributed by atoms with van der Waals surface area (Å²) in [4.78, 5) is 10.0. The van der Waals surface area contributed by atoms with Gasteiger partial charge in [-0.1, -0.05) is 6.08 Å². The van der Waals surface area contributed by atoms with Gasteiger partial charge < -0.3 is 0 Å². The molecule has 1 rings (SSSR count). The van der Waals surface area contributed by atoms with E-state index in [0.717, 1.165) is 6.08 Å². The van der Waals surface area contributed by atoms with Gasteiger partial charge in [0, 0.05) is 29.0 Å². The molecule has 78 valence electrons. The molecule has 0 radical (unpaired) electrons. The first-order chi connectivity index (χ1) is 6.26. The third-order valence-electron chi connectivity index (χ3n) is 2.02. The molecule has 1 aliphatic carbocycles. The normalized spacial score (nSPS) is 27.1. The van der Waals surface area contributed by atoms with Crippen molar-refractivity contribution >= 4 is 19.7 Å². The maximum absolute atomic E-state index is 10.8. The Labute approximate surface area is 85.6 Å². The van der Waals surface area contributed by atoms with Gasteiger partial charge in [-0.3, -0.25) is 10.1 Å². The SMILES string of the molecule is CC1([N+](=O)[O-])C=CC(S(=O)(=O)Cl)=CC1. The van der Waals surface area contributed by atoms with Crippen molar-refractivity contribution in [2.24, 2.45) is 0 Å². The molecule has 1 aliphatic rings. The highest BCUT2D eigenvalue weighted by atomic mass is 35.7. The lowest BCUT2D eigenvalue weighted by Gasteiger charge is -2.18. The highest BCUT2D eigenvalue weighted by Crippen LogP contribution is 2.27. The third kappa shape index (κ3) is 2.13. The molecule has 0 aromatic rings. The van der Waals surface area contributed by atoms with Crippen LogP contribution >= 0.6 is 10.7 Å². The van der Waals surface area contributed by atoms with Crippen LogP contribution in [0.5, 0.6) is 0 Å². The van der Waals surface area contributed by atoms with Gasteiger partial charge in [-0.25, -0.2) is 8.42 Å². The molecule has 0 aromatic heterocycles. The van der Waals surface area contributed by atoms with Crippen LogP contribution in [0.2, 0.25) is 0 Å². The molecule has 0 amide bonds. The quantitative estimate of drug-likeness (QED) is 0.414. The second kappa shape index (κ2) is 3.36. The largest absolute Gasteiger partial charge is 0.264 e. The van der Waals surface area contributed by atoms with Crippen LogP contribution in [0.4, 0.5) is 0 Å². The first-order valence-electron chi connectivity index (χ1n) is 3.74. The van der Waals surface area contributed by atoms with Crippen LogP contribution in [-0.4, -0.2) is 18.9 Å². The van der Waals surface area contributed by atoms with Crippen LogP contribution in [0.1, 0.15) is 13.3 Å². The predicted octanol–water partition coefficient (Wildman–Crippen LogP) is 1.43. The number of nitro groups is 1. The van der Waals surface area contributed by atoms with Crippen molar-refractivity contribution < 1.29 is 13.3 Å². The molecular weight excluding hydrogens is 230 g/mol. The lowest BCUT2D eigenvalue weighted by Crippen LogP contribution is -2.33. The van der Waals surface area contributed by atoms with E-state index in [1.807, 2.05) is 0 Å². The van der Waals surface area contributed by atoms with Crippen LogP contribution in [0.25, 0.3) is 0 Å². The molecule has 1 atom stereocenters. The smallest absolute Gasteiger partial charge is 0.260 e. The zero-order valence-electron chi connectivity index (χ0n) is 7.31. The summed E-state index contributed by atoms with van der Waals surface area (Å²) < 4.78 is 21.7. The molecule has 0 spiro atoms. The molecule has 0 bridgehead atoms. The first-order valence-corrected chi connectivity index (χ1v) is 6.05. The number of hydrogen-bond acceptors (Lipinski definition) is 4. The standard InChI is InChI=1S/C7H8ClNO4S/c1-7(9(10)11)4-2-6(3-5-7)14(8,12)13/h2-4H,5H2,1H3. The maximum Gasteiger partial charge on any atom is 0.260 e. The van der Waals surface area contributed by atoms with Crippen molar-refractivity contribution in [1.82, 2.24) is 0 Å². The van der Waals surface area contributed by atoms with E-state index >= 15 is 0 Å². The fourth-order valence-corrected chi connectivity index (χ4v) is 1.88. The average molecular weight is 238 g/mol. The van der Waals surface area contributed by atoms with Gasteiger partial charge in [0.05, 0.1) is 4.91 Å². The van der Waals surface area contributed by atoms with Crippen molar-refractivity contribution in [3.63, 3.8) is 0 Å². The Morgan fingerprint density at radius 1 is 1.64 bits per heavy atom. The Hall–Kier alpha value is -0.880. The Morgan fingerprint density at radius 3 is 2.50 bits per heavy atom. The molecule has 0 fully saturated rings. The van der Waals surface area contributed by atoms with Crippen LogP contribution < -0.4 is 0 Å². The summed E-state index contributed by atoms with van der Waals surface area (Å²) in [5.41, 5.74) is -1.23. The number of halogens is 1. The van der Waals surface area contributed by atoms with Gasteiger partial charge in [0.25, 0.3) is 9.05 Å². The van der Waals surface area contributed by atoms with Crippen molar-refractivity contribution in [3.8, 4) is 0 Å². The Morgan fingerprint density at radius 2 is 2.21 bits per heavy atom. The summed E-state index contributed by atoms with van der Waals surface area (Å²) in [6, 6.07) is 0. The van der Waals surface area contributed by atoms with E-state index in [9.17, 15) is 18.5 Å². The molecule has 0 saturated heterocycles. The van der Waals surface area contributed by atoms with Gasteiger partial charge in [-0.2, -0.15) is 0 Å². The van der Waals surface area contributed by atoms with E-state index in [4.69, 9.17) is 10.7 Å². The minimum atomic E-state index is -3.78. The fraction of sp³-hybridized carbons (Fsp3) is 0.429. The summed E-state index contributed by atoms with van der Waals surface area (Å²) in [5, 5.41) is 10.6. The van der Waals surface area contributed by atoms with Gasteiger partial charge in [0.15, 0.2) is 0 Å². The van der Waals surface area contributed by atoms with Gasteiger partial charge in [-0.15, -0.1) is 0 Å². The minimum Gasteiger partial charge on any atom is -0.264 e. The number of hydrogen-bond donors (Lipinski definition) is 0. The van der Waals surface area contributed by atoms with E-state index in [1.54, 1.807) is 0 Å². The lowest BCUT2D eigenvalue weighted by atomic mass is 9.95. The van der Waals surface area contributed by atoms with E-state index in [0.29, 0.717) is 0 Å². The molecule has 0 N–H and O–H groups in total. The summed E-state index contributed by atoms with van der Waals surface area (Å²) in [6.07, 6.45) is 3.68. The van der Waals surface area contributed by atoms with E-state index in [2.05, 4.69) is 0 Å². The molecule has 0 aliphatic heterocycles. The van der Waals surface area contributed by atoms with Gasteiger partial charge >= 0.3 is 0 Å². The summed E-state index contributed by atoms with van der Waals surface area (Å²) in [5.74, 6) is 0. The van der Waals surface area contributed by atoms with E-state index in [1.165, 1.54) is 19.1 Å². The van der Waals surface area contributed by atoms with Crippen molar-refractivity contribution in [1.29, 1.82) is 0 Å². The third-order valence-corrected chi connectivity index (χ3v) is 3.42. The van der Waals surface area contributed by atoms with Crippen molar-refractivity contribution in [2.75, 3.05) is 0 Å².